The molecule has 0 amide bonds. The third kappa shape index (κ3) is 3.64. The van der Waals surface area contributed by atoms with Crippen LogP contribution in [0.5, 0.6) is 5.88 Å². The van der Waals surface area contributed by atoms with E-state index < -0.39 is 0 Å². The molecule has 6 heteroatoms. The van der Waals surface area contributed by atoms with Crippen LogP contribution in [0.25, 0.3) is 0 Å². The summed E-state index contributed by atoms with van der Waals surface area (Å²) < 4.78 is 5.92. The molecule has 0 bridgehead atoms. The molecular weight excluding hydrogens is 308 g/mol. The third-order valence-electron chi connectivity index (χ3n) is 2.72. The second-order valence-corrected chi connectivity index (χ2v) is 4.91. The fourth-order valence-corrected chi connectivity index (χ4v) is 1.97. The van der Waals surface area contributed by atoms with Crippen molar-refractivity contribution < 1.29 is 4.74 Å². The smallest absolute Gasteiger partial charge is 0.232 e. The second kappa shape index (κ2) is 6.47. The fourth-order valence-electron chi connectivity index (χ4n) is 1.62. The average Bonchev–Trinajstić information content (AvgIpc) is 2.46. The van der Waals surface area contributed by atoms with Crippen molar-refractivity contribution in [2.45, 2.75) is 6.42 Å². The Balaban J connectivity index is 2.02. The highest BCUT2D eigenvalue weighted by Crippen LogP contribution is 2.22. The van der Waals surface area contributed by atoms with Crippen LogP contribution < -0.4 is 9.64 Å². The molecule has 0 aliphatic rings. The van der Waals surface area contributed by atoms with E-state index in [4.69, 9.17) is 4.74 Å². The Kier molecular flexibility index (Phi) is 4.68. The maximum absolute atomic E-state index is 5.17. The van der Waals surface area contributed by atoms with Gasteiger partial charge in [0.1, 0.15) is 0 Å². The molecular formula is C13H15BrN4O. The fraction of sp³-hybridized carbons (Fsp3) is 0.308. The summed E-state index contributed by atoms with van der Waals surface area (Å²) in [5, 5.41) is 0. The van der Waals surface area contributed by atoms with Crippen LogP contribution in [-0.4, -0.2) is 35.7 Å². The molecule has 2 rings (SSSR count). The molecule has 2 aromatic rings. The lowest BCUT2D eigenvalue weighted by Crippen LogP contribution is -2.22. The monoisotopic (exact) mass is 322 g/mol. The van der Waals surface area contributed by atoms with Gasteiger partial charge in [-0.3, -0.25) is 4.98 Å². The van der Waals surface area contributed by atoms with Gasteiger partial charge in [-0.1, -0.05) is 0 Å². The van der Waals surface area contributed by atoms with Gasteiger partial charge in [0.2, 0.25) is 11.8 Å². The zero-order chi connectivity index (χ0) is 13.7. The van der Waals surface area contributed by atoms with Gasteiger partial charge in [0, 0.05) is 26.0 Å². The Labute approximate surface area is 120 Å². The van der Waals surface area contributed by atoms with E-state index in [0.717, 1.165) is 17.4 Å². The first-order chi connectivity index (χ1) is 9.20. The van der Waals surface area contributed by atoms with Gasteiger partial charge in [0.15, 0.2) is 0 Å². The Morgan fingerprint density at radius 2 is 2.05 bits per heavy atom. The van der Waals surface area contributed by atoms with Crippen molar-refractivity contribution >= 4 is 21.9 Å². The largest absolute Gasteiger partial charge is 0.480 e. The lowest BCUT2D eigenvalue weighted by atomic mass is 10.2. The molecule has 0 N–H and O–H groups in total. The minimum atomic E-state index is 0.542. The standard InChI is InChI=1S/C13H15BrN4O/c1-18(8-5-10-3-6-15-7-4-10)13-16-9-11(14)12(17-13)19-2/h3-4,6-7,9H,5,8H2,1-2H3. The van der Waals surface area contributed by atoms with Gasteiger partial charge in [-0.05, 0) is 40.0 Å². The van der Waals surface area contributed by atoms with Crippen molar-refractivity contribution in [3.63, 3.8) is 0 Å². The van der Waals surface area contributed by atoms with Crippen molar-refractivity contribution in [1.29, 1.82) is 0 Å². The van der Waals surface area contributed by atoms with E-state index in [1.54, 1.807) is 25.7 Å². The molecule has 0 saturated heterocycles. The predicted octanol–water partition coefficient (Wildman–Crippen LogP) is 2.32. The van der Waals surface area contributed by atoms with Crippen LogP contribution in [0.3, 0.4) is 0 Å². The molecule has 0 spiro atoms. The van der Waals surface area contributed by atoms with Gasteiger partial charge in [0.05, 0.1) is 17.8 Å². The highest BCUT2D eigenvalue weighted by atomic mass is 79.9. The summed E-state index contributed by atoms with van der Waals surface area (Å²) in [6.45, 7) is 0.828. The van der Waals surface area contributed by atoms with Gasteiger partial charge in [-0.25, -0.2) is 4.98 Å². The van der Waals surface area contributed by atoms with E-state index in [9.17, 15) is 0 Å². The molecule has 0 atom stereocenters. The topological polar surface area (TPSA) is 51.1 Å². The number of hydrogen-bond donors (Lipinski definition) is 0. The minimum Gasteiger partial charge on any atom is -0.480 e. The van der Waals surface area contributed by atoms with Crippen LogP contribution in [0.15, 0.2) is 35.2 Å². The highest BCUT2D eigenvalue weighted by Gasteiger charge is 2.09. The van der Waals surface area contributed by atoms with Gasteiger partial charge < -0.3 is 9.64 Å². The number of hydrogen-bond acceptors (Lipinski definition) is 5. The number of ether oxygens (including phenoxy) is 1. The molecule has 0 unspecified atom stereocenters. The van der Waals surface area contributed by atoms with E-state index in [2.05, 4.69) is 30.9 Å². The molecule has 2 heterocycles. The number of methoxy groups -OCH3 is 1. The zero-order valence-electron chi connectivity index (χ0n) is 10.9. The summed E-state index contributed by atoms with van der Waals surface area (Å²) in [6, 6.07) is 4.02. The van der Waals surface area contributed by atoms with Crippen LogP contribution >= 0.6 is 15.9 Å². The summed E-state index contributed by atoms with van der Waals surface area (Å²) in [4.78, 5) is 14.6. The third-order valence-corrected chi connectivity index (χ3v) is 3.26. The highest BCUT2D eigenvalue weighted by molar-refractivity contribution is 9.10. The lowest BCUT2D eigenvalue weighted by molar-refractivity contribution is 0.394. The normalized spacial score (nSPS) is 10.3. The number of nitrogens with zero attached hydrogens (tertiary/aromatic N) is 4. The van der Waals surface area contributed by atoms with Crippen LogP contribution in [0.2, 0.25) is 0 Å². The van der Waals surface area contributed by atoms with E-state index in [1.165, 1.54) is 5.56 Å². The summed E-state index contributed by atoms with van der Waals surface area (Å²) in [7, 11) is 3.55. The van der Waals surface area contributed by atoms with Crippen LogP contribution in [0, 0.1) is 0 Å². The molecule has 5 nitrogen and oxygen atoms in total. The van der Waals surface area contributed by atoms with Crippen molar-refractivity contribution in [1.82, 2.24) is 15.0 Å². The van der Waals surface area contributed by atoms with E-state index >= 15 is 0 Å². The first-order valence-electron chi connectivity index (χ1n) is 5.87. The van der Waals surface area contributed by atoms with E-state index in [1.807, 2.05) is 24.1 Å². The molecule has 0 fully saturated rings. The molecule has 0 saturated carbocycles. The Morgan fingerprint density at radius 1 is 1.32 bits per heavy atom. The number of halogens is 1. The molecule has 19 heavy (non-hydrogen) atoms. The van der Waals surface area contributed by atoms with Gasteiger partial charge in [-0.2, -0.15) is 4.98 Å². The Bertz CT molecular complexity index is 535. The number of anilines is 1. The van der Waals surface area contributed by atoms with E-state index in [0.29, 0.717) is 11.8 Å². The number of aromatic nitrogens is 3. The average molecular weight is 323 g/mol. The molecule has 0 aliphatic carbocycles. The Morgan fingerprint density at radius 3 is 2.74 bits per heavy atom. The maximum atomic E-state index is 5.17. The van der Waals surface area contributed by atoms with Crippen molar-refractivity contribution in [2.75, 3.05) is 25.6 Å². The van der Waals surface area contributed by atoms with Crippen LogP contribution in [0.4, 0.5) is 5.95 Å². The zero-order valence-corrected chi connectivity index (χ0v) is 12.5. The number of rotatable bonds is 5. The van der Waals surface area contributed by atoms with Gasteiger partial charge in [0.25, 0.3) is 0 Å². The minimum absolute atomic E-state index is 0.542. The summed E-state index contributed by atoms with van der Waals surface area (Å²) in [5.74, 6) is 1.19. The molecule has 0 aromatic carbocycles. The second-order valence-electron chi connectivity index (χ2n) is 4.05. The summed E-state index contributed by atoms with van der Waals surface area (Å²) >= 11 is 3.34. The predicted molar refractivity (Wildman–Crippen MR) is 77.5 cm³/mol. The lowest BCUT2D eigenvalue weighted by Gasteiger charge is -2.17. The number of pyridine rings is 1. The van der Waals surface area contributed by atoms with Crippen molar-refractivity contribution in [2.24, 2.45) is 0 Å². The molecule has 0 aliphatic heterocycles. The van der Waals surface area contributed by atoms with Crippen molar-refractivity contribution in [3.8, 4) is 5.88 Å². The van der Waals surface area contributed by atoms with Crippen LogP contribution in [0.1, 0.15) is 5.56 Å². The van der Waals surface area contributed by atoms with Crippen molar-refractivity contribution in [3.05, 3.63) is 40.8 Å². The van der Waals surface area contributed by atoms with Crippen LogP contribution in [-0.2, 0) is 6.42 Å². The molecule has 100 valence electrons. The van der Waals surface area contributed by atoms with Gasteiger partial charge in [-0.15, -0.1) is 0 Å². The SMILES string of the molecule is COc1nc(N(C)CCc2ccncc2)ncc1Br. The van der Waals surface area contributed by atoms with E-state index in [-0.39, 0.29) is 0 Å². The molecule has 0 radical (unpaired) electrons. The molecule has 2 aromatic heterocycles. The number of likely N-dealkylation sites (N-methyl/N-ethyl adjacent to an activating group) is 1. The first kappa shape index (κ1) is 13.7. The summed E-state index contributed by atoms with van der Waals surface area (Å²) in [5.41, 5.74) is 1.24. The maximum Gasteiger partial charge on any atom is 0.232 e. The summed E-state index contributed by atoms with van der Waals surface area (Å²) in [6.07, 6.45) is 6.22. The Hall–Kier alpha value is -1.69. The van der Waals surface area contributed by atoms with Gasteiger partial charge >= 0.3 is 0 Å². The quantitative estimate of drug-likeness (QED) is 0.845. The first-order valence-corrected chi connectivity index (χ1v) is 6.66.